The zero-order chi connectivity index (χ0) is 27.6. The highest BCUT2D eigenvalue weighted by atomic mass is 35.5. The first kappa shape index (κ1) is 28.1. The van der Waals surface area contributed by atoms with Gasteiger partial charge in [-0.1, -0.05) is 17.7 Å². The molecule has 2 aromatic rings. The zero-order valence-electron chi connectivity index (χ0n) is 20.2. The molecule has 1 fully saturated rings. The first-order valence-corrected chi connectivity index (χ1v) is 14.2. The second-order valence-corrected chi connectivity index (χ2v) is 11.7. The maximum Gasteiger partial charge on any atom is 0.338 e. The number of allylic oxidation sites excluding steroid dienone is 1. The molecule has 1 unspecified atom stereocenters. The molecule has 0 radical (unpaired) electrons. The molecule has 0 spiro atoms. The van der Waals surface area contributed by atoms with Crippen LogP contribution in [-0.2, 0) is 29.1 Å². The van der Waals surface area contributed by atoms with Crippen LogP contribution in [0.4, 0.5) is 8.78 Å². The van der Waals surface area contributed by atoms with Crippen LogP contribution in [0.5, 0.6) is 0 Å². The van der Waals surface area contributed by atoms with E-state index in [2.05, 4.69) is 20.0 Å². The van der Waals surface area contributed by atoms with Gasteiger partial charge in [0.1, 0.15) is 6.04 Å². The molecule has 204 valence electrons. The molecule has 15 heteroatoms. The molecule has 0 amide bonds. The fraction of sp³-hybridized carbons (Fsp3) is 0.391. The third kappa shape index (κ3) is 5.58. The van der Waals surface area contributed by atoms with Gasteiger partial charge in [-0.15, -0.1) is 11.3 Å². The minimum Gasteiger partial charge on any atom is -0.468 e. The number of hydrogen-bond acceptors (Lipinski definition) is 10. The van der Waals surface area contributed by atoms with Crippen LogP contribution in [0.3, 0.4) is 0 Å². The number of thiazole rings is 1. The number of aliphatic imine (C=N–C) groups is 1. The van der Waals surface area contributed by atoms with E-state index >= 15 is 0 Å². The molecule has 0 bridgehead atoms. The molecule has 38 heavy (non-hydrogen) atoms. The molecule has 1 atom stereocenters. The van der Waals surface area contributed by atoms with Crippen molar-refractivity contribution < 1.29 is 36.3 Å². The Morgan fingerprint density at radius 3 is 2.53 bits per heavy atom. The van der Waals surface area contributed by atoms with Crippen LogP contribution in [0.2, 0.25) is 5.02 Å². The molecule has 1 saturated heterocycles. The lowest BCUT2D eigenvalue weighted by Gasteiger charge is -2.36. The van der Waals surface area contributed by atoms with E-state index in [1.165, 1.54) is 28.8 Å². The molecule has 0 saturated carbocycles. The molecule has 2 aliphatic heterocycles. The van der Waals surface area contributed by atoms with Crippen molar-refractivity contribution in [2.75, 3.05) is 33.1 Å². The van der Waals surface area contributed by atoms with Gasteiger partial charge in [-0.2, -0.15) is 0 Å². The van der Waals surface area contributed by atoms with E-state index in [1.54, 1.807) is 11.6 Å². The summed E-state index contributed by atoms with van der Waals surface area (Å²) in [6.07, 6.45) is 2.13. The Hall–Kier alpha value is -2.94. The van der Waals surface area contributed by atoms with Crippen LogP contribution in [0.1, 0.15) is 29.5 Å². The SMILES string of the molecule is COC(=O)CS(=O)(=O)N1CCC(C2=C(C(=O)OC)C(c3ccc(F)c(F)c3Cl)N=C(c3nccs3)N2)CC1. The molecule has 1 N–H and O–H groups in total. The third-order valence-corrected chi connectivity index (χ3v) is 9.17. The van der Waals surface area contributed by atoms with Crippen LogP contribution in [0.15, 0.2) is 40.0 Å². The number of aromatic nitrogens is 1. The first-order chi connectivity index (χ1) is 18.1. The number of sulfonamides is 1. The molecule has 2 aliphatic rings. The van der Waals surface area contributed by atoms with Gasteiger partial charge in [0.25, 0.3) is 0 Å². The van der Waals surface area contributed by atoms with Crippen molar-refractivity contribution in [2.45, 2.75) is 18.9 Å². The molecular formula is C23H23ClF2N4O6S2. The second kappa shape index (κ2) is 11.4. The number of nitrogens with zero attached hydrogens (tertiary/aromatic N) is 3. The number of ether oxygens (including phenoxy) is 2. The van der Waals surface area contributed by atoms with Crippen LogP contribution in [0, 0.1) is 17.6 Å². The number of rotatable bonds is 7. The van der Waals surface area contributed by atoms with Gasteiger partial charge in [-0.3, -0.25) is 9.79 Å². The summed E-state index contributed by atoms with van der Waals surface area (Å²) in [7, 11) is -1.61. The van der Waals surface area contributed by atoms with Gasteiger partial charge in [0.15, 0.2) is 28.2 Å². The lowest BCUT2D eigenvalue weighted by Crippen LogP contribution is -2.44. The van der Waals surface area contributed by atoms with E-state index in [0.717, 1.165) is 13.2 Å². The van der Waals surface area contributed by atoms with Gasteiger partial charge in [-0.05, 0) is 18.9 Å². The van der Waals surface area contributed by atoms with E-state index in [9.17, 15) is 26.8 Å². The van der Waals surface area contributed by atoms with Crippen LogP contribution in [0.25, 0.3) is 0 Å². The number of benzene rings is 1. The van der Waals surface area contributed by atoms with Gasteiger partial charge < -0.3 is 14.8 Å². The van der Waals surface area contributed by atoms with E-state index in [-0.39, 0.29) is 48.8 Å². The van der Waals surface area contributed by atoms with Gasteiger partial charge in [0.05, 0.1) is 24.8 Å². The summed E-state index contributed by atoms with van der Waals surface area (Å²) < 4.78 is 64.2. The Bertz CT molecular complexity index is 1410. The molecule has 4 rings (SSSR count). The number of methoxy groups -OCH3 is 2. The van der Waals surface area contributed by atoms with Gasteiger partial charge >= 0.3 is 11.9 Å². The summed E-state index contributed by atoms with van der Waals surface area (Å²) in [5, 5.41) is 4.84. The van der Waals surface area contributed by atoms with E-state index in [1.807, 2.05) is 0 Å². The number of amidine groups is 1. The lowest BCUT2D eigenvalue weighted by molar-refractivity contribution is -0.138. The predicted molar refractivity (Wildman–Crippen MR) is 135 cm³/mol. The fourth-order valence-electron chi connectivity index (χ4n) is 4.37. The van der Waals surface area contributed by atoms with E-state index in [4.69, 9.17) is 16.3 Å². The summed E-state index contributed by atoms with van der Waals surface area (Å²) in [6, 6.07) is 1.000. The van der Waals surface area contributed by atoms with E-state index < -0.39 is 50.4 Å². The molecule has 1 aromatic carbocycles. The summed E-state index contributed by atoms with van der Waals surface area (Å²) >= 11 is 7.44. The molecule has 10 nitrogen and oxygen atoms in total. The number of halogens is 3. The Kier molecular flexibility index (Phi) is 8.45. The van der Waals surface area contributed by atoms with Gasteiger partial charge in [-0.25, -0.2) is 31.3 Å². The molecule has 1 aromatic heterocycles. The number of nitrogens with one attached hydrogen (secondary N) is 1. The van der Waals surface area contributed by atoms with Crippen LogP contribution < -0.4 is 5.32 Å². The number of carbonyl (C=O) groups excluding carboxylic acids is 2. The highest BCUT2D eigenvalue weighted by Gasteiger charge is 2.39. The summed E-state index contributed by atoms with van der Waals surface area (Å²) in [5.74, 6) is -4.92. The Balaban J connectivity index is 1.75. The highest BCUT2D eigenvalue weighted by molar-refractivity contribution is 7.89. The van der Waals surface area contributed by atoms with Crippen molar-refractivity contribution in [2.24, 2.45) is 10.9 Å². The summed E-state index contributed by atoms with van der Waals surface area (Å²) in [5.41, 5.74) is 0.488. The minimum absolute atomic E-state index is 0.0385. The van der Waals surface area contributed by atoms with E-state index in [0.29, 0.717) is 10.7 Å². The first-order valence-electron chi connectivity index (χ1n) is 11.3. The van der Waals surface area contributed by atoms with Crippen LogP contribution in [-0.4, -0.2) is 68.5 Å². The highest BCUT2D eigenvalue weighted by Crippen LogP contribution is 2.41. The topological polar surface area (TPSA) is 127 Å². The van der Waals surface area contributed by atoms with Gasteiger partial charge in [0.2, 0.25) is 10.0 Å². The van der Waals surface area contributed by atoms with Crippen molar-refractivity contribution in [3.63, 3.8) is 0 Å². The lowest BCUT2D eigenvalue weighted by atomic mass is 9.86. The number of carbonyl (C=O) groups is 2. The largest absolute Gasteiger partial charge is 0.468 e. The summed E-state index contributed by atoms with van der Waals surface area (Å²) in [6.45, 7) is 0.147. The summed E-state index contributed by atoms with van der Waals surface area (Å²) in [4.78, 5) is 33.5. The van der Waals surface area contributed by atoms with Crippen molar-refractivity contribution in [1.29, 1.82) is 0 Å². The number of hydrogen-bond donors (Lipinski definition) is 1. The molecule has 0 aliphatic carbocycles. The Morgan fingerprint density at radius 1 is 1.21 bits per heavy atom. The van der Waals surface area contributed by atoms with Gasteiger partial charge in [0, 0.05) is 41.8 Å². The Labute approximate surface area is 226 Å². The fourth-order valence-corrected chi connectivity index (χ4v) is 6.58. The molecule has 3 heterocycles. The number of esters is 2. The third-order valence-electron chi connectivity index (χ3n) is 6.26. The maximum atomic E-state index is 14.4. The van der Waals surface area contributed by atoms with Crippen molar-refractivity contribution in [1.82, 2.24) is 14.6 Å². The van der Waals surface area contributed by atoms with Crippen molar-refractivity contribution in [3.05, 3.63) is 62.2 Å². The smallest absolute Gasteiger partial charge is 0.338 e. The maximum absolute atomic E-state index is 14.4. The second-order valence-electron chi connectivity index (χ2n) is 8.43. The minimum atomic E-state index is -3.89. The Morgan fingerprint density at radius 2 is 1.92 bits per heavy atom. The average molecular weight is 589 g/mol. The van der Waals surface area contributed by atoms with Crippen molar-refractivity contribution >= 4 is 50.7 Å². The monoisotopic (exact) mass is 588 g/mol. The van der Waals surface area contributed by atoms with Crippen LogP contribution >= 0.6 is 22.9 Å². The zero-order valence-corrected chi connectivity index (χ0v) is 22.6. The number of piperidine rings is 1. The van der Waals surface area contributed by atoms with Crippen molar-refractivity contribution in [3.8, 4) is 0 Å². The predicted octanol–water partition coefficient (Wildman–Crippen LogP) is 2.81. The normalized spacial score (nSPS) is 19.1. The quantitative estimate of drug-likeness (QED) is 0.386. The average Bonchev–Trinajstić information content (AvgIpc) is 3.46. The molecular weight excluding hydrogens is 566 g/mol. The standard InChI is InChI=1S/C23H23ClF2N4O6S2/c1-35-15(31)11-38(33,34)30-8-5-12(6-9-30)19-16(23(32)36-2)20(13-3-4-14(25)18(26)17(13)24)29-21(28-19)22-27-7-10-37-22/h3-4,7,10,12,20H,5-6,8-9,11H2,1-2H3,(H,28,29).